The van der Waals surface area contributed by atoms with Crippen LogP contribution in [0, 0.1) is 6.92 Å². The van der Waals surface area contributed by atoms with Gasteiger partial charge in [0.25, 0.3) is 0 Å². The molecule has 0 spiro atoms. The monoisotopic (exact) mass is 337 g/mol. The fraction of sp³-hybridized carbons (Fsp3) is 0.100. The lowest BCUT2D eigenvalue weighted by Crippen LogP contribution is -2.29. The van der Waals surface area contributed by atoms with E-state index in [9.17, 15) is 8.42 Å². The molecular weight excluding hydrogens is 318 g/mol. The highest BCUT2D eigenvalue weighted by molar-refractivity contribution is 7.89. The van der Waals surface area contributed by atoms with Gasteiger partial charge in [0, 0.05) is 0 Å². The Kier molecular flexibility index (Phi) is 4.79. The highest BCUT2D eigenvalue weighted by Gasteiger charge is 2.22. The minimum absolute atomic E-state index is 0.262. The SMILES string of the molecule is Cc1ccc(C(NS(=O)(=O)c2ccccc2)c2ccccc2)cc1. The quantitative estimate of drug-likeness (QED) is 0.763. The van der Waals surface area contributed by atoms with Crippen molar-refractivity contribution in [1.82, 2.24) is 4.72 Å². The van der Waals surface area contributed by atoms with E-state index in [0.717, 1.165) is 16.7 Å². The molecule has 1 atom stereocenters. The van der Waals surface area contributed by atoms with E-state index in [0.29, 0.717) is 0 Å². The van der Waals surface area contributed by atoms with Gasteiger partial charge in [0.15, 0.2) is 0 Å². The van der Waals surface area contributed by atoms with Gasteiger partial charge in [-0.25, -0.2) is 8.42 Å². The van der Waals surface area contributed by atoms with Crippen molar-refractivity contribution in [1.29, 1.82) is 0 Å². The highest BCUT2D eigenvalue weighted by atomic mass is 32.2. The standard InChI is InChI=1S/C20H19NO2S/c1-16-12-14-18(15-13-16)20(17-8-4-2-5-9-17)21-24(22,23)19-10-6-3-7-11-19/h2-15,20-21H,1H3. The van der Waals surface area contributed by atoms with E-state index < -0.39 is 16.1 Å². The van der Waals surface area contributed by atoms with E-state index in [2.05, 4.69) is 4.72 Å². The largest absolute Gasteiger partial charge is 0.241 e. The van der Waals surface area contributed by atoms with Gasteiger partial charge in [0.2, 0.25) is 10.0 Å². The summed E-state index contributed by atoms with van der Waals surface area (Å²) in [5.74, 6) is 0. The van der Waals surface area contributed by atoms with Crippen LogP contribution < -0.4 is 4.72 Å². The summed E-state index contributed by atoms with van der Waals surface area (Å²) in [6, 6.07) is 25.5. The fourth-order valence-corrected chi connectivity index (χ4v) is 3.79. The second kappa shape index (κ2) is 6.99. The molecule has 24 heavy (non-hydrogen) atoms. The van der Waals surface area contributed by atoms with Crippen molar-refractivity contribution in [2.75, 3.05) is 0 Å². The molecule has 3 rings (SSSR count). The van der Waals surface area contributed by atoms with Crippen LogP contribution in [0.5, 0.6) is 0 Å². The molecule has 0 aliphatic rings. The molecule has 0 aliphatic carbocycles. The third-order valence-electron chi connectivity index (χ3n) is 3.87. The van der Waals surface area contributed by atoms with Crippen LogP contribution in [0.2, 0.25) is 0 Å². The summed E-state index contributed by atoms with van der Waals surface area (Å²) in [5, 5.41) is 0. The lowest BCUT2D eigenvalue weighted by Gasteiger charge is -2.20. The molecule has 0 radical (unpaired) electrons. The maximum absolute atomic E-state index is 12.7. The van der Waals surface area contributed by atoms with E-state index >= 15 is 0 Å². The molecule has 122 valence electrons. The summed E-state index contributed by atoms with van der Waals surface area (Å²) in [4.78, 5) is 0.262. The number of hydrogen-bond donors (Lipinski definition) is 1. The van der Waals surface area contributed by atoms with Gasteiger partial charge < -0.3 is 0 Å². The topological polar surface area (TPSA) is 46.2 Å². The Morgan fingerprint density at radius 2 is 1.21 bits per heavy atom. The third-order valence-corrected chi connectivity index (χ3v) is 5.31. The lowest BCUT2D eigenvalue weighted by molar-refractivity contribution is 0.572. The van der Waals surface area contributed by atoms with Crippen LogP contribution in [0.15, 0.2) is 89.8 Å². The first-order chi connectivity index (χ1) is 11.6. The highest BCUT2D eigenvalue weighted by Crippen LogP contribution is 2.24. The van der Waals surface area contributed by atoms with Gasteiger partial charge in [0.1, 0.15) is 0 Å². The van der Waals surface area contributed by atoms with Gasteiger partial charge >= 0.3 is 0 Å². The minimum atomic E-state index is -3.62. The summed E-state index contributed by atoms with van der Waals surface area (Å²) >= 11 is 0. The number of benzene rings is 3. The van der Waals surface area contributed by atoms with Crippen LogP contribution >= 0.6 is 0 Å². The van der Waals surface area contributed by atoms with Crippen molar-refractivity contribution in [2.24, 2.45) is 0 Å². The second-order valence-corrected chi connectivity index (χ2v) is 7.40. The average Bonchev–Trinajstić information content (AvgIpc) is 2.62. The smallest absolute Gasteiger partial charge is 0.207 e. The Balaban J connectivity index is 2.01. The van der Waals surface area contributed by atoms with Crippen LogP contribution in [0.1, 0.15) is 22.7 Å². The molecule has 4 heteroatoms. The van der Waals surface area contributed by atoms with Gasteiger partial charge in [-0.3, -0.25) is 0 Å². The molecule has 3 aromatic carbocycles. The number of sulfonamides is 1. The predicted octanol–water partition coefficient (Wildman–Crippen LogP) is 4.06. The van der Waals surface area contributed by atoms with Crippen LogP contribution in [0.25, 0.3) is 0 Å². The van der Waals surface area contributed by atoms with E-state index in [1.165, 1.54) is 0 Å². The Hall–Kier alpha value is -2.43. The van der Waals surface area contributed by atoms with Crippen LogP contribution in [0.4, 0.5) is 0 Å². The summed E-state index contributed by atoms with van der Waals surface area (Å²) in [7, 11) is -3.62. The maximum Gasteiger partial charge on any atom is 0.241 e. The summed E-state index contributed by atoms with van der Waals surface area (Å²) < 4.78 is 28.3. The molecule has 0 bridgehead atoms. The molecule has 1 unspecified atom stereocenters. The van der Waals surface area contributed by atoms with Gasteiger partial charge in [-0.2, -0.15) is 4.72 Å². The molecule has 0 saturated heterocycles. The average molecular weight is 337 g/mol. The van der Waals surface area contributed by atoms with Crippen molar-refractivity contribution < 1.29 is 8.42 Å². The lowest BCUT2D eigenvalue weighted by atomic mass is 9.99. The van der Waals surface area contributed by atoms with Crippen LogP contribution in [0.3, 0.4) is 0 Å². The first-order valence-electron chi connectivity index (χ1n) is 7.75. The predicted molar refractivity (Wildman–Crippen MR) is 96.2 cm³/mol. The van der Waals surface area contributed by atoms with Crippen LogP contribution in [-0.2, 0) is 10.0 Å². The molecule has 3 nitrogen and oxygen atoms in total. The van der Waals surface area contributed by atoms with Crippen molar-refractivity contribution in [3.63, 3.8) is 0 Å². The zero-order chi connectivity index (χ0) is 17.0. The van der Waals surface area contributed by atoms with Gasteiger partial charge in [0.05, 0.1) is 10.9 Å². The van der Waals surface area contributed by atoms with Crippen molar-refractivity contribution in [3.8, 4) is 0 Å². The van der Waals surface area contributed by atoms with E-state index in [4.69, 9.17) is 0 Å². The number of aryl methyl sites for hydroxylation is 1. The summed E-state index contributed by atoms with van der Waals surface area (Å²) in [6.45, 7) is 2.01. The molecule has 0 fully saturated rings. The van der Waals surface area contributed by atoms with E-state index in [1.807, 2.05) is 61.5 Å². The Morgan fingerprint density at radius 1 is 0.708 bits per heavy atom. The van der Waals surface area contributed by atoms with Gasteiger partial charge in [-0.05, 0) is 30.2 Å². The molecule has 0 aromatic heterocycles. The zero-order valence-electron chi connectivity index (χ0n) is 13.4. The first kappa shape index (κ1) is 16.4. The number of nitrogens with one attached hydrogen (secondary N) is 1. The minimum Gasteiger partial charge on any atom is -0.207 e. The van der Waals surface area contributed by atoms with Crippen molar-refractivity contribution >= 4 is 10.0 Å². The molecule has 3 aromatic rings. The number of hydrogen-bond acceptors (Lipinski definition) is 2. The van der Waals surface area contributed by atoms with Gasteiger partial charge in [-0.15, -0.1) is 0 Å². The Labute approximate surface area is 143 Å². The normalized spacial score (nSPS) is 12.7. The molecule has 0 amide bonds. The molecule has 0 saturated carbocycles. The maximum atomic E-state index is 12.7. The van der Waals surface area contributed by atoms with Crippen molar-refractivity contribution in [3.05, 3.63) is 102 Å². The Bertz CT molecular complexity index is 889. The Morgan fingerprint density at radius 3 is 1.79 bits per heavy atom. The zero-order valence-corrected chi connectivity index (χ0v) is 14.2. The second-order valence-electron chi connectivity index (χ2n) is 5.69. The third kappa shape index (κ3) is 3.72. The fourth-order valence-electron chi connectivity index (χ4n) is 2.56. The summed E-state index contributed by atoms with van der Waals surface area (Å²) in [5.41, 5.74) is 2.95. The molecule has 1 N–H and O–H groups in total. The van der Waals surface area contributed by atoms with E-state index in [-0.39, 0.29) is 4.90 Å². The first-order valence-corrected chi connectivity index (χ1v) is 9.23. The number of rotatable bonds is 5. The summed E-state index contributed by atoms with van der Waals surface area (Å²) in [6.07, 6.45) is 0. The van der Waals surface area contributed by atoms with E-state index in [1.54, 1.807) is 30.3 Å². The van der Waals surface area contributed by atoms with Crippen molar-refractivity contribution in [2.45, 2.75) is 17.9 Å². The van der Waals surface area contributed by atoms with Crippen LogP contribution in [-0.4, -0.2) is 8.42 Å². The molecule has 0 aliphatic heterocycles. The van der Waals surface area contributed by atoms with Gasteiger partial charge in [-0.1, -0.05) is 78.4 Å². The molecule has 0 heterocycles. The molecular formula is C20H19NO2S.